The fraction of sp³-hybridized carbons (Fsp3) is 0.375. The molecule has 0 bridgehead atoms. The van der Waals surface area contributed by atoms with E-state index >= 15 is 0 Å². The number of anilines is 1. The number of rotatable bonds is 4. The Bertz CT molecular complexity index is 376. The number of aryl methyl sites for hydroxylation is 1. The van der Waals surface area contributed by atoms with Gasteiger partial charge in [0.2, 0.25) is 11.0 Å². The predicted octanol–water partition coefficient (Wildman–Crippen LogP) is -0.212. The van der Waals surface area contributed by atoms with Crippen molar-refractivity contribution in [3.05, 3.63) is 11.1 Å². The first-order valence-electron chi connectivity index (χ1n) is 4.35. The highest BCUT2D eigenvalue weighted by Crippen LogP contribution is 2.20. The fourth-order valence-corrected chi connectivity index (χ4v) is 1.70. The smallest absolute Gasteiger partial charge is 0.252 e. The Morgan fingerprint density at radius 2 is 2.27 bits per heavy atom. The fourth-order valence-electron chi connectivity index (χ4n) is 0.913. The Balaban J connectivity index is 2.71. The van der Waals surface area contributed by atoms with E-state index in [2.05, 4.69) is 4.98 Å². The van der Waals surface area contributed by atoms with Crippen LogP contribution in [0.5, 0.6) is 0 Å². The lowest BCUT2D eigenvalue weighted by atomic mass is 10.4. The van der Waals surface area contributed by atoms with Crippen LogP contribution >= 0.6 is 11.3 Å². The summed E-state index contributed by atoms with van der Waals surface area (Å²) < 4.78 is 0. The average Bonchev–Trinajstić information content (AvgIpc) is 2.63. The molecule has 4 N–H and O–H groups in total. The minimum atomic E-state index is -0.706. The van der Waals surface area contributed by atoms with Gasteiger partial charge < -0.3 is 5.73 Å². The van der Waals surface area contributed by atoms with Crippen molar-refractivity contribution in [3.63, 3.8) is 0 Å². The molecule has 0 radical (unpaired) electrons. The van der Waals surface area contributed by atoms with Gasteiger partial charge >= 0.3 is 0 Å². The molecule has 1 heterocycles. The van der Waals surface area contributed by atoms with Gasteiger partial charge in [0.1, 0.15) is 6.42 Å². The van der Waals surface area contributed by atoms with E-state index in [1.807, 2.05) is 6.92 Å². The summed E-state index contributed by atoms with van der Waals surface area (Å²) in [6.45, 7) is 1.98. The molecular weight excluding hydrogens is 216 g/mol. The standard InChI is InChI=1S/C8H12N4O2S/c1-2-5-4-11-8(15-5)12(10)7(14)3-6(9)13/h4H,2-3,10H2,1H3,(H2,9,13). The third-order valence-corrected chi connectivity index (χ3v) is 2.83. The topological polar surface area (TPSA) is 102 Å². The molecule has 2 amide bonds. The highest BCUT2D eigenvalue weighted by atomic mass is 32.1. The number of hydrazine groups is 1. The van der Waals surface area contributed by atoms with Gasteiger partial charge in [-0.15, -0.1) is 11.3 Å². The molecule has 7 heteroatoms. The zero-order valence-electron chi connectivity index (χ0n) is 8.27. The van der Waals surface area contributed by atoms with E-state index in [1.165, 1.54) is 11.3 Å². The molecule has 0 saturated heterocycles. The van der Waals surface area contributed by atoms with Crippen LogP contribution in [-0.4, -0.2) is 16.8 Å². The van der Waals surface area contributed by atoms with Crippen molar-refractivity contribution in [2.75, 3.05) is 5.01 Å². The second-order valence-corrected chi connectivity index (χ2v) is 3.96. The van der Waals surface area contributed by atoms with Crippen molar-refractivity contribution in [2.24, 2.45) is 11.6 Å². The molecule has 82 valence electrons. The molecule has 1 rings (SSSR count). The second-order valence-electron chi connectivity index (χ2n) is 2.87. The summed E-state index contributed by atoms with van der Waals surface area (Å²) in [6.07, 6.45) is 2.07. The van der Waals surface area contributed by atoms with E-state index in [4.69, 9.17) is 11.6 Å². The number of thiazole rings is 1. The minimum Gasteiger partial charge on any atom is -0.369 e. The van der Waals surface area contributed by atoms with Crippen molar-refractivity contribution < 1.29 is 9.59 Å². The van der Waals surface area contributed by atoms with Crippen LogP contribution in [0.25, 0.3) is 0 Å². The van der Waals surface area contributed by atoms with Crippen LogP contribution in [0, 0.1) is 0 Å². The summed E-state index contributed by atoms with van der Waals surface area (Å²) in [7, 11) is 0. The lowest BCUT2D eigenvalue weighted by Gasteiger charge is -2.11. The zero-order chi connectivity index (χ0) is 11.4. The van der Waals surface area contributed by atoms with E-state index < -0.39 is 18.2 Å². The predicted molar refractivity (Wildman–Crippen MR) is 57.0 cm³/mol. The Morgan fingerprint density at radius 1 is 1.60 bits per heavy atom. The first-order chi connectivity index (χ1) is 7.04. The lowest BCUT2D eigenvalue weighted by Crippen LogP contribution is -2.39. The van der Waals surface area contributed by atoms with Gasteiger partial charge in [0.15, 0.2) is 0 Å². The molecule has 1 aromatic rings. The van der Waals surface area contributed by atoms with E-state index in [9.17, 15) is 9.59 Å². The quantitative estimate of drug-likeness (QED) is 0.322. The molecule has 6 nitrogen and oxygen atoms in total. The van der Waals surface area contributed by atoms with Crippen LogP contribution < -0.4 is 16.6 Å². The van der Waals surface area contributed by atoms with Crippen LogP contribution in [0.2, 0.25) is 0 Å². The first-order valence-corrected chi connectivity index (χ1v) is 5.17. The molecule has 0 aromatic carbocycles. The summed E-state index contributed by atoms with van der Waals surface area (Å²) in [5.74, 6) is 4.22. The highest BCUT2D eigenvalue weighted by Gasteiger charge is 2.16. The molecule has 0 aliphatic heterocycles. The number of hydrogen-bond acceptors (Lipinski definition) is 5. The Labute approximate surface area is 90.8 Å². The summed E-state index contributed by atoms with van der Waals surface area (Å²) in [5, 5.41) is 1.23. The van der Waals surface area contributed by atoms with Crippen LogP contribution in [0.4, 0.5) is 5.13 Å². The second kappa shape index (κ2) is 4.85. The third kappa shape index (κ3) is 3.00. The number of amides is 2. The van der Waals surface area contributed by atoms with Gasteiger partial charge in [-0.05, 0) is 6.42 Å². The molecule has 15 heavy (non-hydrogen) atoms. The van der Waals surface area contributed by atoms with Gasteiger partial charge in [0.05, 0.1) is 0 Å². The van der Waals surface area contributed by atoms with E-state index in [0.717, 1.165) is 16.3 Å². The number of carbonyl (C=O) groups is 2. The molecule has 0 atom stereocenters. The van der Waals surface area contributed by atoms with Gasteiger partial charge in [-0.25, -0.2) is 15.8 Å². The Kier molecular flexibility index (Phi) is 3.75. The highest BCUT2D eigenvalue weighted by molar-refractivity contribution is 7.15. The summed E-state index contributed by atoms with van der Waals surface area (Å²) in [5.41, 5.74) is 4.88. The van der Waals surface area contributed by atoms with Crippen molar-refractivity contribution in [2.45, 2.75) is 19.8 Å². The Hall–Kier alpha value is -1.47. The van der Waals surface area contributed by atoms with Crippen molar-refractivity contribution >= 4 is 28.3 Å². The van der Waals surface area contributed by atoms with Gasteiger partial charge in [0, 0.05) is 11.1 Å². The number of nitrogens with zero attached hydrogens (tertiary/aromatic N) is 2. The van der Waals surface area contributed by atoms with E-state index in [-0.39, 0.29) is 0 Å². The van der Waals surface area contributed by atoms with Crippen LogP contribution in [-0.2, 0) is 16.0 Å². The van der Waals surface area contributed by atoms with Gasteiger partial charge in [-0.3, -0.25) is 9.59 Å². The largest absolute Gasteiger partial charge is 0.369 e. The SMILES string of the molecule is CCc1cnc(N(N)C(=O)CC(N)=O)s1. The molecule has 0 aliphatic carbocycles. The van der Waals surface area contributed by atoms with Crippen LogP contribution in [0.15, 0.2) is 6.20 Å². The maximum atomic E-state index is 11.3. The van der Waals surface area contributed by atoms with E-state index in [0.29, 0.717) is 5.13 Å². The number of aromatic nitrogens is 1. The number of primary amides is 1. The average molecular weight is 228 g/mol. The number of carbonyl (C=O) groups excluding carboxylic acids is 2. The molecule has 0 saturated carbocycles. The summed E-state index contributed by atoms with van der Waals surface area (Å²) in [4.78, 5) is 26.8. The van der Waals surface area contributed by atoms with E-state index in [1.54, 1.807) is 6.20 Å². The third-order valence-electron chi connectivity index (χ3n) is 1.69. The molecule has 0 spiro atoms. The van der Waals surface area contributed by atoms with Crippen molar-refractivity contribution in [1.29, 1.82) is 0 Å². The summed E-state index contributed by atoms with van der Waals surface area (Å²) in [6, 6.07) is 0. The maximum absolute atomic E-state index is 11.3. The normalized spacial score (nSPS) is 10.0. The van der Waals surface area contributed by atoms with Crippen molar-refractivity contribution in [3.8, 4) is 0 Å². The Morgan fingerprint density at radius 3 is 2.73 bits per heavy atom. The number of nitrogens with two attached hydrogens (primary N) is 2. The number of hydrogen-bond donors (Lipinski definition) is 2. The monoisotopic (exact) mass is 228 g/mol. The van der Waals surface area contributed by atoms with Gasteiger partial charge in [0.25, 0.3) is 5.91 Å². The maximum Gasteiger partial charge on any atom is 0.252 e. The first kappa shape index (κ1) is 11.6. The molecule has 0 unspecified atom stereocenters. The van der Waals surface area contributed by atoms with Gasteiger partial charge in [-0.2, -0.15) is 0 Å². The molecule has 0 aliphatic rings. The molecule has 0 fully saturated rings. The van der Waals surface area contributed by atoms with Crippen molar-refractivity contribution in [1.82, 2.24) is 4.98 Å². The molecule has 1 aromatic heterocycles. The van der Waals surface area contributed by atoms with Crippen LogP contribution in [0.3, 0.4) is 0 Å². The lowest BCUT2D eigenvalue weighted by molar-refractivity contribution is -0.126. The van der Waals surface area contributed by atoms with Crippen LogP contribution in [0.1, 0.15) is 18.2 Å². The summed E-state index contributed by atoms with van der Waals surface area (Å²) >= 11 is 1.31. The zero-order valence-corrected chi connectivity index (χ0v) is 9.08. The minimum absolute atomic E-state index is 0.373. The molecular formula is C8H12N4O2S. The van der Waals surface area contributed by atoms with Gasteiger partial charge in [-0.1, -0.05) is 6.92 Å².